The van der Waals surface area contributed by atoms with Crippen molar-refractivity contribution < 1.29 is 14.6 Å². The van der Waals surface area contributed by atoms with E-state index in [-0.39, 0.29) is 25.6 Å². The summed E-state index contributed by atoms with van der Waals surface area (Å²) in [7, 11) is 1.71. The monoisotopic (exact) mass is 437 g/mol. The summed E-state index contributed by atoms with van der Waals surface area (Å²) in [4.78, 5) is 0. The van der Waals surface area contributed by atoms with E-state index in [4.69, 9.17) is 15.2 Å². The van der Waals surface area contributed by atoms with E-state index in [1.807, 2.05) is 24.3 Å². The van der Waals surface area contributed by atoms with Crippen molar-refractivity contribution in [1.29, 1.82) is 0 Å². The maximum absolute atomic E-state index is 9.62. The number of ether oxygens (including phenoxy) is 2. The van der Waals surface area contributed by atoms with Crippen molar-refractivity contribution >= 4 is 23.6 Å². The second-order valence-electron chi connectivity index (χ2n) is 7.47. The molecule has 1 aliphatic rings. The minimum atomic E-state index is -0.655. The Labute approximate surface area is 189 Å². The van der Waals surface area contributed by atoms with Gasteiger partial charge in [0, 0.05) is 6.54 Å². The number of hydrogen-bond donors (Lipinski definition) is 2. The molecule has 1 unspecified atom stereocenters. The minimum Gasteiger partial charge on any atom is -0.497 e. The van der Waals surface area contributed by atoms with Gasteiger partial charge in [0.1, 0.15) is 24.2 Å². The van der Waals surface area contributed by atoms with Crippen LogP contribution in [0.15, 0.2) is 72.8 Å². The van der Waals surface area contributed by atoms with E-state index < -0.39 is 6.10 Å². The van der Waals surface area contributed by atoms with Crippen molar-refractivity contribution in [2.45, 2.75) is 18.9 Å². The molecule has 3 N–H and O–H groups in total. The number of allylic oxidation sites excluding steroid dienone is 1. The zero-order chi connectivity index (χ0) is 20.9. The highest BCUT2D eigenvalue weighted by Crippen LogP contribution is 2.42. The van der Waals surface area contributed by atoms with E-state index in [1.165, 1.54) is 27.8 Å². The van der Waals surface area contributed by atoms with Crippen LogP contribution in [0.3, 0.4) is 0 Å². The molecule has 3 aromatic carbocycles. The van der Waals surface area contributed by atoms with Crippen LogP contribution >= 0.6 is 12.4 Å². The van der Waals surface area contributed by atoms with Gasteiger partial charge in [-0.1, -0.05) is 48.5 Å². The fourth-order valence-electron chi connectivity index (χ4n) is 3.93. The maximum Gasteiger partial charge on any atom is 0.119 e. The van der Waals surface area contributed by atoms with Crippen LogP contribution in [0.25, 0.3) is 11.1 Å². The number of methoxy groups -OCH3 is 1. The van der Waals surface area contributed by atoms with Gasteiger partial charge in [-0.25, -0.2) is 0 Å². The molecule has 0 fully saturated rings. The van der Waals surface area contributed by atoms with Crippen molar-refractivity contribution in [2.24, 2.45) is 5.73 Å². The Morgan fingerprint density at radius 3 is 2.29 bits per heavy atom. The highest BCUT2D eigenvalue weighted by molar-refractivity contribution is 6.00. The lowest BCUT2D eigenvalue weighted by Gasteiger charge is -2.25. The molecule has 3 aromatic rings. The lowest BCUT2D eigenvalue weighted by atomic mass is 9.79. The maximum atomic E-state index is 9.62. The van der Waals surface area contributed by atoms with Crippen molar-refractivity contribution in [2.75, 3.05) is 20.3 Å². The summed E-state index contributed by atoms with van der Waals surface area (Å²) in [6, 6.07) is 25.0. The third-order valence-corrected chi connectivity index (χ3v) is 5.51. The van der Waals surface area contributed by atoms with E-state index >= 15 is 0 Å². The van der Waals surface area contributed by atoms with Gasteiger partial charge in [-0.15, -0.1) is 12.4 Å². The average Bonchev–Trinajstić information content (AvgIpc) is 2.82. The number of halogens is 1. The summed E-state index contributed by atoms with van der Waals surface area (Å²) in [5.41, 5.74) is 13.0. The van der Waals surface area contributed by atoms with Gasteiger partial charge in [0.15, 0.2) is 0 Å². The molecule has 1 aliphatic carbocycles. The second kappa shape index (κ2) is 10.5. The van der Waals surface area contributed by atoms with Crippen LogP contribution in [0.5, 0.6) is 11.5 Å². The number of hydrogen-bond acceptors (Lipinski definition) is 4. The minimum absolute atomic E-state index is 0. The first kappa shape index (κ1) is 22.9. The molecule has 0 aromatic heterocycles. The quantitative estimate of drug-likeness (QED) is 0.561. The molecule has 0 heterocycles. The number of nitrogens with two attached hydrogens (primary N) is 1. The molecule has 31 heavy (non-hydrogen) atoms. The Bertz CT molecular complexity index is 1030. The predicted octanol–water partition coefficient (Wildman–Crippen LogP) is 4.72. The molecule has 0 bridgehead atoms. The molecule has 162 valence electrons. The molecule has 0 saturated heterocycles. The Kier molecular flexibility index (Phi) is 7.75. The Morgan fingerprint density at radius 2 is 1.61 bits per heavy atom. The van der Waals surface area contributed by atoms with Gasteiger partial charge in [-0.3, -0.25) is 0 Å². The highest BCUT2D eigenvalue weighted by Gasteiger charge is 2.22. The van der Waals surface area contributed by atoms with Gasteiger partial charge in [-0.05, 0) is 70.5 Å². The SMILES string of the molecule is COc1ccc2c(c1)CCC(c1ccccc1)=C2c1ccc(OCC(O)CN)cc1.Cl. The summed E-state index contributed by atoms with van der Waals surface area (Å²) in [5, 5.41) is 9.62. The predicted molar refractivity (Wildman–Crippen MR) is 128 cm³/mol. The lowest BCUT2D eigenvalue weighted by Crippen LogP contribution is -2.26. The molecule has 0 radical (unpaired) electrons. The van der Waals surface area contributed by atoms with E-state index in [2.05, 4.69) is 48.5 Å². The normalized spacial score (nSPS) is 13.8. The number of aryl methyl sites for hydroxylation is 1. The zero-order valence-corrected chi connectivity index (χ0v) is 18.4. The van der Waals surface area contributed by atoms with Gasteiger partial charge in [0.25, 0.3) is 0 Å². The molecule has 4 rings (SSSR count). The highest BCUT2D eigenvalue weighted by atomic mass is 35.5. The molecule has 0 amide bonds. The summed E-state index contributed by atoms with van der Waals surface area (Å²) >= 11 is 0. The standard InChI is InChI=1S/C26H27NO3.ClH/c1-29-23-12-14-25-20(15-23)9-13-24(18-5-3-2-4-6-18)26(25)19-7-10-22(11-8-19)30-17-21(28)16-27;/h2-8,10-12,14-15,21,28H,9,13,16-17,27H2,1H3;1H. The smallest absolute Gasteiger partial charge is 0.119 e. The largest absolute Gasteiger partial charge is 0.497 e. The van der Waals surface area contributed by atoms with Crippen LogP contribution in [0.4, 0.5) is 0 Å². The number of rotatable bonds is 7. The van der Waals surface area contributed by atoms with Gasteiger partial charge in [0.2, 0.25) is 0 Å². The van der Waals surface area contributed by atoms with E-state index in [1.54, 1.807) is 7.11 Å². The van der Waals surface area contributed by atoms with Crippen LogP contribution in [-0.4, -0.2) is 31.5 Å². The lowest BCUT2D eigenvalue weighted by molar-refractivity contribution is 0.114. The van der Waals surface area contributed by atoms with Gasteiger partial charge in [0.05, 0.1) is 7.11 Å². The number of benzene rings is 3. The fraction of sp³-hybridized carbons (Fsp3) is 0.231. The first-order valence-corrected chi connectivity index (χ1v) is 10.3. The molecule has 1 atom stereocenters. The third kappa shape index (κ3) is 5.10. The number of aliphatic hydroxyl groups excluding tert-OH is 1. The van der Waals surface area contributed by atoms with Crippen molar-refractivity contribution in [1.82, 2.24) is 0 Å². The molecule has 0 aliphatic heterocycles. The Balaban J connectivity index is 0.00000272. The van der Waals surface area contributed by atoms with Crippen molar-refractivity contribution in [3.05, 3.63) is 95.1 Å². The zero-order valence-electron chi connectivity index (χ0n) is 17.6. The van der Waals surface area contributed by atoms with E-state index in [9.17, 15) is 5.11 Å². The first-order chi connectivity index (χ1) is 14.7. The first-order valence-electron chi connectivity index (χ1n) is 10.3. The van der Waals surface area contributed by atoms with Crippen LogP contribution in [0, 0.1) is 0 Å². The van der Waals surface area contributed by atoms with Gasteiger partial charge < -0.3 is 20.3 Å². The van der Waals surface area contributed by atoms with E-state index in [0.717, 1.165) is 29.9 Å². The second-order valence-corrected chi connectivity index (χ2v) is 7.47. The van der Waals surface area contributed by atoms with Crippen molar-refractivity contribution in [3.63, 3.8) is 0 Å². The molecular weight excluding hydrogens is 410 g/mol. The number of fused-ring (bicyclic) bond motifs is 1. The molecular formula is C26H28ClNO3. The Morgan fingerprint density at radius 1 is 0.903 bits per heavy atom. The fourth-order valence-corrected chi connectivity index (χ4v) is 3.93. The van der Waals surface area contributed by atoms with Crippen LogP contribution in [0.1, 0.15) is 28.7 Å². The van der Waals surface area contributed by atoms with Crippen LogP contribution in [-0.2, 0) is 6.42 Å². The summed E-state index contributed by atoms with van der Waals surface area (Å²) < 4.78 is 11.1. The van der Waals surface area contributed by atoms with Gasteiger partial charge >= 0.3 is 0 Å². The molecule has 4 nitrogen and oxygen atoms in total. The summed E-state index contributed by atoms with van der Waals surface area (Å²) in [5.74, 6) is 1.61. The van der Waals surface area contributed by atoms with Crippen molar-refractivity contribution in [3.8, 4) is 11.5 Å². The molecule has 0 saturated carbocycles. The average molecular weight is 438 g/mol. The molecule has 5 heteroatoms. The van der Waals surface area contributed by atoms with E-state index in [0.29, 0.717) is 0 Å². The molecule has 0 spiro atoms. The number of aliphatic hydroxyl groups is 1. The van der Waals surface area contributed by atoms with Crippen LogP contribution < -0.4 is 15.2 Å². The van der Waals surface area contributed by atoms with Gasteiger partial charge in [-0.2, -0.15) is 0 Å². The third-order valence-electron chi connectivity index (χ3n) is 5.51. The summed E-state index contributed by atoms with van der Waals surface area (Å²) in [6.07, 6.45) is 1.30. The Hall–Kier alpha value is -2.79. The van der Waals surface area contributed by atoms with Crippen LogP contribution in [0.2, 0.25) is 0 Å². The summed E-state index contributed by atoms with van der Waals surface area (Å²) in [6.45, 7) is 0.377. The topological polar surface area (TPSA) is 64.7 Å².